The molecule has 15 rings (SSSR count). The molecule has 111 heavy (non-hydrogen) atoms. The summed E-state index contributed by atoms with van der Waals surface area (Å²) in [5.74, 6) is -18.3. The maximum absolute atomic E-state index is 14.4. The molecule has 0 radical (unpaired) electrons. The SMILES string of the molecule is C1CN=C2NCCCN2C1.C1CN=C2NCCCN2C1.C1CN=C2NCCCN2C1.C1CN=C2[N-]CCCN2C1.CCN1C(=O)c2ccc3c4c(ccc(c24)C1=O)C(=O)N(C)C3=O.N#CC(C#N)=c1c(F)c(F)c2c(F)c(=C(C#N)C#N)c(F)c(F)c2c1F.[C-]#[N+]C(C#N)=c1c(F)c(F)c(=C(C#N)C#N)c(F)c1F.[W].[W]. The molecule has 572 valence electrons. The topological polar surface area (TPSA) is 358 Å². The van der Waals surface area contributed by atoms with Crippen LogP contribution in [-0.4, -0.2) is 195 Å². The van der Waals surface area contributed by atoms with Crippen LogP contribution in [0.2, 0.25) is 0 Å². The van der Waals surface area contributed by atoms with E-state index in [1.807, 2.05) is 0 Å². The van der Waals surface area contributed by atoms with Gasteiger partial charge >= 0.3 is 0 Å². The average molecular weight is 1870 g/mol. The van der Waals surface area contributed by atoms with Crippen LogP contribution in [0.25, 0.3) is 54.1 Å². The third kappa shape index (κ3) is 18.0. The van der Waals surface area contributed by atoms with E-state index in [2.05, 4.69) is 65.7 Å². The fourth-order valence-electron chi connectivity index (χ4n) is 12.9. The second-order valence-electron chi connectivity index (χ2n) is 24.6. The van der Waals surface area contributed by atoms with Gasteiger partial charge in [0.1, 0.15) is 64.8 Å². The Morgan fingerprint density at radius 2 is 0.730 bits per heavy atom. The fraction of sp³-hybridized carbons (Fsp3) is 0.370. The zero-order valence-electron chi connectivity index (χ0n) is 59.2. The van der Waals surface area contributed by atoms with E-state index in [1.54, 1.807) is 31.2 Å². The van der Waals surface area contributed by atoms with Crippen LogP contribution in [0.1, 0.15) is 99.7 Å². The number of nitrogens with zero attached hydrogens (tertiary/aromatic N) is 19. The van der Waals surface area contributed by atoms with Gasteiger partial charge in [-0.1, -0.05) is 0 Å². The zero-order chi connectivity index (χ0) is 78.9. The third-order valence-corrected chi connectivity index (χ3v) is 18.1. The molecule has 10 aliphatic rings. The molecule has 3 N–H and O–H groups in total. The molecule has 5 aromatic rings. The third-order valence-electron chi connectivity index (χ3n) is 18.1. The maximum Gasteiger partial charge on any atom is 0.275 e. The molecule has 0 aliphatic carbocycles. The van der Waals surface area contributed by atoms with Crippen molar-refractivity contribution in [2.45, 2.75) is 58.3 Å². The fourth-order valence-corrected chi connectivity index (χ4v) is 12.9. The number of nitrogens with one attached hydrogen (secondary N) is 3. The number of fused-ring (bicyclic) bond motifs is 5. The van der Waals surface area contributed by atoms with Crippen LogP contribution in [0, 0.1) is 144 Å². The Hall–Kier alpha value is -11.9. The first-order valence-electron chi connectivity index (χ1n) is 34.1. The molecule has 10 aliphatic heterocycles. The molecule has 38 heteroatoms. The molecule has 10 heterocycles. The number of rotatable bonds is 1. The molecule has 4 saturated heterocycles. The first kappa shape index (κ1) is 86.3. The van der Waals surface area contributed by atoms with E-state index in [0.29, 0.717) is 33.0 Å². The summed E-state index contributed by atoms with van der Waals surface area (Å²) in [6, 6.07) is 13.7. The van der Waals surface area contributed by atoms with Crippen molar-refractivity contribution in [3.05, 3.63) is 142 Å². The Morgan fingerprint density at radius 1 is 0.423 bits per heavy atom. The number of hydrogen-bond donors (Lipinski definition) is 3. The van der Waals surface area contributed by atoms with E-state index in [0.717, 1.165) is 128 Å². The molecule has 5 aromatic carbocycles. The molecule has 26 nitrogen and oxygen atoms in total. The predicted molar refractivity (Wildman–Crippen MR) is 374 cm³/mol. The number of carbonyl (C=O) groups is 4. The van der Waals surface area contributed by atoms with Crippen LogP contribution in [0.5, 0.6) is 0 Å². The van der Waals surface area contributed by atoms with Crippen molar-refractivity contribution in [2.24, 2.45) is 20.0 Å². The number of nitriles is 7. The number of imide groups is 2. The van der Waals surface area contributed by atoms with Gasteiger partial charge in [0.05, 0.1) is 44.3 Å². The van der Waals surface area contributed by atoms with Gasteiger partial charge in [-0.3, -0.25) is 44.0 Å². The molecule has 4 amide bonds. The summed E-state index contributed by atoms with van der Waals surface area (Å²) in [7, 11) is 1.42. The minimum atomic E-state index is -2.23. The number of halogens is 10. The Balaban J connectivity index is 0.000000186. The minimum Gasteiger partial charge on any atom is -0.426 e. The first-order chi connectivity index (χ1) is 52.5. The summed E-state index contributed by atoms with van der Waals surface area (Å²) in [6.07, 6.45) is 9.89. The van der Waals surface area contributed by atoms with Crippen molar-refractivity contribution in [2.75, 3.05) is 118 Å². The number of benzene rings is 5. The molecule has 0 spiro atoms. The summed E-state index contributed by atoms with van der Waals surface area (Å²) < 4.78 is 140. The summed E-state index contributed by atoms with van der Waals surface area (Å²) in [5.41, 5.74) is -3.58. The Kier molecular flexibility index (Phi) is 30.7. The average Bonchev–Trinajstić information content (AvgIpc) is 0.722. The number of carbonyl (C=O) groups excluding carboxylic acids is 4. The van der Waals surface area contributed by atoms with Gasteiger partial charge in [-0.2, -0.15) is 31.6 Å². The van der Waals surface area contributed by atoms with E-state index in [1.165, 1.54) is 111 Å². The van der Waals surface area contributed by atoms with E-state index in [-0.39, 0.29) is 48.7 Å². The van der Waals surface area contributed by atoms with Crippen molar-refractivity contribution < 1.29 is 105 Å². The van der Waals surface area contributed by atoms with E-state index >= 15 is 0 Å². The second-order valence-corrected chi connectivity index (χ2v) is 24.6. The quantitative estimate of drug-likeness (QED) is 0.0785. The normalized spacial score (nSPS) is 16.3. The Morgan fingerprint density at radius 3 is 1.05 bits per heavy atom. The minimum absolute atomic E-state index is 0. The van der Waals surface area contributed by atoms with Crippen LogP contribution >= 0.6 is 0 Å². The second kappa shape index (κ2) is 39.4. The van der Waals surface area contributed by atoms with Gasteiger partial charge in [0.15, 0.2) is 64.4 Å². The number of guanidine groups is 4. The number of hydrogen-bond acceptors (Lipinski definition) is 22. The Labute approximate surface area is 656 Å². The van der Waals surface area contributed by atoms with Crippen molar-refractivity contribution in [1.29, 1.82) is 36.8 Å². The first-order valence-corrected chi connectivity index (χ1v) is 34.1. The van der Waals surface area contributed by atoms with E-state index < -0.39 is 136 Å². The van der Waals surface area contributed by atoms with Crippen LogP contribution in [0.3, 0.4) is 0 Å². The smallest absolute Gasteiger partial charge is 0.275 e. The molecule has 0 saturated carbocycles. The van der Waals surface area contributed by atoms with Gasteiger partial charge in [0, 0.05) is 173 Å². The van der Waals surface area contributed by atoms with Gasteiger partial charge in [-0.05, 0) is 109 Å². The zero-order valence-corrected chi connectivity index (χ0v) is 65.1. The summed E-state index contributed by atoms with van der Waals surface area (Å²) in [6.45, 7) is 26.4. The summed E-state index contributed by atoms with van der Waals surface area (Å²) >= 11 is 0. The summed E-state index contributed by atoms with van der Waals surface area (Å²) in [5, 5.41) is 65.6. The number of aliphatic imine (C=N–C) groups is 4. The standard InChI is InChI=1S/C17H12N2O4.C16F6N4.C12F4N4.3C7H13N3.C7H12N3.2W/c1-3-19-16(22)10-6-4-8-12-9(15(21)18(2)14(8)20)5-7-11(13(10)12)17(19)23;17-11-7(5(1-23)2-24)13(19)15(21)10-9(11)16(22)14(20)8(12(10)18)6(3-25)4-26;1-20-6(4-19)8-11(15)9(13)7(5(2-17)3-18)10(14)12(8)16;4*1-3-8-7-9-4-2-6-10(7)5-1;;/h4-7H,3H2,1-2H3;;;3*1-6H2,(H,8,9);1-6H2;;/q;;;;;;-1;;. The Bertz CT molecular complexity index is 4880. The van der Waals surface area contributed by atoms with Crippen LogP contribution in [-0.2, 0) is 42.1 Å². The van der Waals surface area contributed by atoms with E-state index in [9.17, 15) is 63.1 Å². The molecule has 0 atom stereocenters. The molecule has 0 unspecified atom stereocenters. The molecular formula is C73H63F10N22O4W2-. The van der Waals surface area contributed by atoms with Crippen molar-refractivity contribution in [1.82, 2.24) is 45.3 Å². The summed E-state index contributed by atoms with van der Waals surface area (Å²) in [4.78, 5) is 81.2. The predicted octanol–water partition coefficient (Wildman–Crippen LogP) is 5.69. The van der Waals surface area contributed by atoms with Gasteiger partial charge in [-0.25, -0.2) is 54.0 Å². The van der Waals surface area contributed by atoms with Crippen LogP contribution < -0.4 is 36.8 Å². The monoisotopic (exact) mass is 1870 g/mol. The van der Waals surface area contributed by atoms with E-state index in [4.69, 9.17) is 43.4 Å². The van der Waals surface area contributed by atoms with Crippen molar-refractivity contribution >= 4 is 91.4 Å². The molecular weight excluding hydrogens is 1810 g/mol. The largest absolute Gasteiger partial charge is 0.426 e. The van der Waals surface area contributed by atoms with Crippen LogP contribution in [0.4, 0.5) is 43.9 Å². The van der Waals surface area contributed by atoms with Gasteiger partial charge in [-0.15, -0.1) is 0 Å². The maximum atomic E-state index is 14.4. The van der Waals surface area contributed by atoms with Crippen molar-refractivity contribution in [3.63, 3.8) is 0 Å². The van der Waals surface area contributed by atoms with Gasteiger partial charge in [0.25, 0.3) is 29.3 Å². The molecule has 0 bridgehead atoms. The van der Waals surface area contributed by atoms with Crippen molar-refractivity contribution in [3.8, 4) is 42.5 Å². The van der Waals surface area contributed by atoms with Crippen LogP contribution in [0.15, 0.2) is 44.2 Å². The molecule has 0 aromatic heterocycles. The molecule has 4 fully saturated rings. The van der Waals surface area contributed by atoms with Gasteiger partial charge in [0.2, 0.25) is 0 Å². The number of amides is 4. The van der Waals surface area contributed by atoms with Gasteiger partial charge < -0.3 is 45.9 Å².